The fourth-order valence-corrected chi connectivity index (χ4v) is 6.98. The Hall–Kier alpha value is -1.92. The highest BCUT2D eigenvalue weighted by Gasteiger charge is 2.26. The summed E-state index contributed by atoms with van der Waals surface area (Å²) in [6.45, 7) is 3.26. The van der Waals surface area contributed by atoms with Crippen LogP contribution >= 0.6 is 0 Å². The predicted octanol–water partition coefficient (Wildman–Crippen LogP) is 9.11. The van der Waals surface area contributed by atoms with Crippen molar-refractivity contribution in [3.8, 4) is 0 Å². The van der Waals surface area contributed by atoms with E-state index in [1.165, 1.54) is 116 Å². The first-order valence-corrected chi connectivity index (χ1v) is 17.4. The summed E-state index contributed by atoms with van der Waals surface area (Å²) in [5.41, 5.74) is 1.40. The zero-order chi connectivity index (χ0) is 29.8. The average molecular weight is 586 g/mol. The first-order valence-electron chi connectivity index (χ1n) is 17.4. The highest BCUT2D eigenvalue weighted by atomic mass is 16.5. The number of nitrogens with zero attached hydrogens (tertiary/aromatic N) is 1. The number of benzene rings is 1. The van der Waals surface area contributed by atoms with Crippen molar-refractivity contribution in [2.45, 2.75) is 147 Å². The van der Waals surface area contributed by atoms with Crippen LogP contribution in [0.1, 0.15) is 151 Å². The van der Waals surface area contributed by atoms with Crippen molar-refractivity contribution in [1.29, 1.82) is 0 Å². The Morgan fingerprint density at radius 3 is 1.79 bits per heavy atom. The van der Waals surface area contributed by atoms with Gasteiger partial charge in [-0.15, -0.1) is 0 Å². The third-order valence-electron chi connectivity index (χ3n) is 9.61. The number of aromatic carboxylic acids is 1. The number of hydrogen-bond acceptors (Lipinski definition) is 4. The highest BCUT2D eigenvalue weighted by molar-refractivity contribution is 5.87. The molecule has 0 aromatic heterocycles. The molecule has 0 amide bonds. The van der Waals surface area contributed by atoms with Gasteiger partial charge in [0.15, 0.2) is 0 Å². The zero-order valence-corrected chi connectivity index (χ0v) is 26.3. The Balaban J connectivity index is 1.73. The molecule has 238 valence electrons. The first-order chi connectivity index (χ1) is 20.5. The summed E-state index contributed by atoms with van der Waals surface area (Å²) in [7, 11) is 0. The minimum atomic E-state index is -0.905. The van der Waals surface area contributed by atoms with Crippen molar-refractivity contribution in [2.24, 2.45) is 11.8 Å². The van der Waals surface area contributed by atoms with Gasteiger partial charge >= 0.3 is 11.9 Å². The molecule has 1 aromatic carbocycles. The molecule has 1 unspecified atom stereocenters. The van der Waals surface area contributed by atoms with E-state index < -0.39 is 11.9 Å². The largest absolute Gasteiger partial charge is 0.481 e. The van der Waals surface area contributed by atoms with Crippen molar-refractivity contribution in [3.05, 3.63) is 35.4 Å². The lowest BCUT2D eigenvalue weighted by molar-refractivity contribution is -0.137. The van der Waals surface area contributed by atoms with Crippen LogP contribution < -0.4 is 0 Å². The van der Waals surface area contributed by atoms with E-state index in [9.17, 15) is 19.8 Å². The molecule has 2 N–H and O–H groups in total. The number of aliphatic carboxylic acids is 1. The Labute approximate surface area is 255 Å². The van der Waals surface area contributed by atoms with Gasteiger partial charge in [-0.3, -0.25) is 9.69 Å². The molecule has 0 heterocycles. The van der Waals surface area contributed by atoms with E-state index in [1.54, 1.807) is 12.1 Å². The summed E-state index contributed by atoms with van der Waals surface area (Å²) >= 11 is 0. The zero-order valence-electron chi connectivity index (χ0n) is 26.3. The molecule has 0 radical (unpaired) electrons. The number of rotatable bonds is 14. The van der Waals surface area contributed by atoms with E-state index in [1.807, 2.05) is 12.1 Å². The summed E-state index contributed by atoms with van der Waals surface area (Å²) in [5.74, 6) is -0.437. The molecule has 0 saturated heterocycles. The summed E-state index contributed by atoms with van der Waals surface area (Å²) in [5, 5.41) is 18.5. The molecular weight excluding hydrogens is 526 g/mol. The standard InChI is InChI=1S/C36H59NO5/c38-35(39)21-15-16-26-37(27-30-22-24-33(25-23-30)36(40)41)28-34(32-19-13-9-5-2-6-10-14-20-32)42-29-31-17-11-7-3-1-4-8-12-18-31/h22-25,31-32,34H,1-21,26-29H2,(H,38,39)(H,40,41). The Bertz CT molecular complexity index is 852. The summed E-state index contributed by atoms with van der Waals surface area (Å²) < 4.78 is 7.01. The monoisotopic (exact) mass is 585 g/mol. The van der Waals surface area contributed by atoms with Crippen LogP contribution in [0.25, 0.3) is 0 Å². The van der Waals surface area contributed by atoms with Crippen LogP contribution in [0.5, 0.6) is 0 Å². The number of carboxylic acid groups (broad SMARTS) is 2. The lowest BCUT2D eigenvalue weighted by Gasteiger charge is -2.34. The third-order valence-corrected chi connectivity index (χ3v) is 9.61. The van der Waals surface area contributed by atoms with E-state index in [-0.39, 0.29) is 12.5 Å². The number of unbranched alkanes of at least 4 members (excludes halogenated alkanes) is 1. The van der Waals surface area contributed by atoms with Crippen LogP contribution in [0.15, 0.2) is 24.3 Å². The van der Waals surface area contributed by atoms with Crippen molar-refractivity contribution in [1.82, 2.24) is 4.90 Å². The quantitative estimate of drug-likeness (QED) is 0.212. The lowest BCUT2D eigenvalue weighted by atomic mass is 9.87. The van der Waals surface area contributed by atoms with Crippen LogP contribution in [0.4, 0.5) is 0 Å². The maximum atomic E-state index is 11.4. The Kier molecular flexibility index (Phi) is 17.2. The minimum Gasteiger partial charge on any atom is -0.481 e. The summed E-state index contributed by atoms with van der Waals surface area (Å²) in [6.07, 6.45) is 25.7. The van der Waals surface area contributed by atoms with Gasteiger partial charge in [-0.05, 0) is 74.6 Å². The molecule has 2 aliphatic rings. The molecule has 0 bridgehead atoms. The van der Waals surface area contributed by atoms with Crippen LogP contribution in [0.3, 0.4) is 0 Å². The predicted molar refractivity (Wildman–Crippen MR) is 170 cm³/mol. The minimum absolute atomic E-state index is 0.178. The number of carbonyl (C=O) groups is 2. The van der Waals surface area contributed by atoms with Gasteiger partial charge in [0.25, 0.3) is 0 Å². The van der Waals surface area contributed by atoms with E-state index in [4.69, 9.17) is 4.74 Å². The highest BCUT2D eigenvalue weighted by Crippen LogP contribution is 2.29. The molecule has 0 spiro atoms. The SMILES string of the molecule is O=C(O)CCCCN(Cc1ccc(C(=O)O)cc1)CC(OCC1CCCCCCCCC1)C1CCCCCCCCC1. The topological polar surface area (TPSA) is 87.1 Å². The molecule has 2 fully saturated rings. The van der Waals surface area contributed by atoms with Gasteiger partial charge in [-0.25, -0.2) is 4.79 Å². The van der Waals surface area contributed by atoms with Gasteiger partial charge in [-0.2, -0.15) is 0 Å². The van der Waals surface area contributed by atoms with Gasteiger partial charge in [-0.1, -0.05) is 102 Å². The van der Waals surface area contributed by atoms with Crippen molar-refractivity contribution in [2.75, 3.05) is 19.7 Å². The van der Waals surface area contributed by atoms with E-state index in [2.05, 4.69) is 4.90 Å². The number of hydrogen-bond donors (Lipinski definition) is 2. The first kappa shape index (κ1) is 34.6. The summed E-state index contributed by atoms with van der Waals surface area (Å²) in [4.78, 5) is 25.0. The van der Waals surface area contributed by atoms with Crippen LogP contribution in [0.2, 0.25) is 0 Å². The lowest BCUT2D eigenvalue weighted by Crippen LogP contribution is -2.40. The maximum Gasteiger partial charge on any atom is 0.335 e. The van der Waals surface area contributed by atoms with Crippen LogP contribution in [-0.4, -0.2) is 52.9 Å². The Morgan fingerprint density at radius 2 is 1.26 bits per heavy atom. The molecule has 0 aliphatic heterocycles. The van der Waals surface area contributed by atoms with Crippen molar-refractivity contribution < 1.29 is 24.5 Å². The third kappa shape index (κ3) is 14.5. The molecule has 1 atom stereocenters. The molecule has 6 nitrogen and oxygen atoms in total. The van der Waals surface area contributed by atoms with Gasteiger partial charge in [0, 0.05) is 26.1 Å². The second kappa shape index (κ2) is 20.9. The Morgan fingerprint density at radius 1 is 0.738 bits per heavy atom. The number of ether oxygens (including phenoxy) is 1. The fraction of sp³-hybridized carbons (Fsp3) is 0.778. The second-order valence-electron chi connectivity index (χ2n) is 13.2. The molecule has 42 heavy (non-hydrogen) atoms. The normalized spacial score (nSPS) is 19.7. The van der Waals surface area contributed by atoms with E-state index in [0.717, 1.165) is 38.2 Å². The molecule has 2 aliphatic carbocycles. The van der Waals surface area contributed by atoms with E-state index >= 15 is 0 Å². The van der Waals surface area contributed by atoms with Crippen LogP contribution in [0, 0.1) is 11.8 Å². The molecule has 3 rings (SSSR count). The van der Waals surface area contributed by atoms with Crippen molar-refractivity contribution >= 4 is 11.9 Å². The smallest absolute Gasteiger partial charge is 0.335 e. The van der Waals surface area contributed by atoms with Crippen LogP contribution in [-0.2, 0) is 16.1 Å². The van der Waals surface area contributed by atoms with Gasteiger partial charge < -0.3 is 14.9 Å². The molecular formula is C36H59NO5. The molecule has 2 saturated carbocycles. The summed E-state index contributed by atoms with van der Waals surface area (Å²) in [6, 6.07) is 7.23. The average Bonchev–Trinajstić information content (AvgIpc) is 2.99. The van der Waals surface area contributed by atoms with Gasteiger partial charge in [0.05, 0.1) is 11.7 Å². The maximum absolute atomic E-state index is 11.4. The van der Waals surface area contributed by atoms with E-state index in [0.29, 0.717) is 23.8 Å². The fourth-order valence-electron chi connectivity index (χ4n) is 6.98. The molecule has 1 aromatic rings. The molecule has 6 heteroatoms. The second-order valence-corrected chi connectivity index (χ2v) is 13.2. The van der Waals surface area contributed by atoms with Crippen molar-refractivity contribution in [3.63, 3.8) is 0 Å². The van der Waals surface area contributed by atoms with Gasteiger partial charge in [0.1, 0.15) is 0 Å². The number of carboxylic acids is 2. The van der Waals surface area contributed by atoms with Gasteiger partial charge in [0.2, 0.25) is 0 Å².